The maximum atomic E-state index is 5.60. The van der Waals surface area contributed by atoms with Gasteiger partial charge in [-0.15, -0.1) is 10.2 Å². The van der Waals surface area contributed by atoms with Gasteiger partial charge in [-0.05, 0) is 18.2 Å². The molecule has 0 aliphatic heterocycles. The quantitative estimate of drug-likeness (QED) is 0.597. The molecule has 4 rings (SSSR count). The van der Waals surface area contributed by atoms with Crippen molar-refractivity contribution in [1.29, 1.82) is 0 Å². The molecule has 0 amide bonds. The molecule has 3 aromatic heterocycles. The monoisotopic (exact) mass is 305 g/mol. The first-order chi connectivity index (χ1) is 11.4. The van der Waals surface area contributed by atoms with Crippen LogP contribution in [0.4, 0.5) is 11.6 Å². The van der Waals surface area contributed by atoms with Gasteiger partial charge in [-0.2, -0.15) is 5.10 Å². The Labute approximate surface area is 130 Å². The Kier molecular flexibility index (Phi) is 3.24. The fraction of sp³-hybridized carbons (Fsp3) is 0. The van der Waals surface area contributed by atoms with Crippen molar-refractivity contribution in [2.75, 3.05) is 5.32 Å². The van der Waals surface area contributed by atoms with Gasteiger partial charge < -0.3 is 10.1 Å². The van der Waals surface area contributed by atoms with Crippen LogP contribution in [0.2, 0.25) is 0 Å². The van der Waals surface area contributed by atoms with Crippen molar-refractivity contribution in [3.8, 4) is 11.6 Å². The average Bonchev–Trinajstić information content (AvgIpc) is 3.07. The number of nitrogens with zero attached hydrogens (tertiary/aromatic N) is 5. The molecule has 0 bridgehead atoms. The number of aromatic amines is 1. The first-order valence-corrected chi connectivity index (χ1v) is 6.86. The second-order valence-electron chi connectivity index (χ2n) is 4.65. The number of aromatic nitrogens is 6. The van der Waals surface area contributed by atoms with Crippen LogP contribution in [0.3, 0.4) is 0 Å². The van der Waals surface area contributed by atoms with Crippen molar-refractivity contribution in [2.24, 2.45) is 0 Å². The molecular formula is C15H11N7O. The van der Waals surface area contributed by atoms with Gasteiger partial charge in [-0.3, -0.25) is 5.10 Å². The molecule has 0 aliphatic carbocycles. The maximum absolute atomic E-state index is 5.60. The lowest BCUT2D eigenvalue weighted by molar-refractivity contribution is 0.455. The number of benzene rings is 1. The van der Waals surface area contributed by atoms with Crippen molar-refractivity contribution >= 4 is 22.7 Å². The van der Waals surface area contributed by atoms with Crippen LogP contribution in [0, 0.1) is 0 Å². The van der Waals surface area contributed by atoms with Crippen LogP contribution < -0.4 is 10.1 Å². The predicted octanol–water partition coefficient (Wildman–Crippen LogP) is 2.68. The summed E-state index contributed by atoms with van der Waals surface area (Å²) < 4.78 is 5.60. The Hall–Kier alpha value is -3.55. The van der Waals surface area contributed by atoms with Gasteiger partial charge in [0, 0.05) is 6.07 Å². The van der Waals surface area contributed by atoms with E-state index in [4.69, 9.17) is 4.74 Å². The fourth-order valence-electron chi connectivity index (χ4n) is 2.04. The van der Waals surface area contributed by atoms with Crippen LogP contribution in [-0.4, -0.2) is 30.4 Å². The number of para-hydroxylation sites is 1. The van der Waals surface area contributed by atoms with E-state index in [0.717, 1.165) is 5.39 Å². The predicted molar refractivity (Wildman–Crippen MR) is 83.5 cm³/mol. The van der Waals surface area contributed by atoms with E-state index in [2.05, 4.69) is 35.7 Å². The summed E-state index contributed by atoms with van der Waals surface area (Å²) in [4.78, 5) is 8.26. The molecule has 0 saturated heterocycles. The Morgan fingerprint density at radius 2 is 1.87 bits per heavy atom. The molecule has 3 heterocycles. The van der Waals surface area contributed by atoms with E-state index >= 15 is 0 Å². The second-order valence-corrected chi connectivity index (χ2v) is 4.65. The zero-order chi connectivity index (χ0) is 15.5. The van der Waals surface area contributed by atoms with Crippen LogP contribution >= 0.6 is 0 Å². The molecule has 112 valence electrons. The number of rotatable bonds is 4. The number of ether oxygens (including phenoxy) is 1. The molecular weight excluding hydrogens is 294 g/mol. The highest BCUT2D eigenvalue weighted by atomic mass is 16.5. The molecule has 0 unspecified atom stereocenters. The van der Waals surface area contributed by atoms with Gasteiger partial charge in [0.25, 0.3) is 0 Å². The molecule has 8 heteroatoms. The van der Waals surface area contributed by atoms with Crippen molar-refractivity contribution < 1.29 is 4.74 Å². The number of hydrogen-bond donors (Lipinski definition) is 2. The summed E-state index contributed by atoms with van der Waals surface area (Å²) in [6, 6.07) is 12.9. The summed E-state index contributed by atoms with van der Waals surface area (Å²) in [5.74, 6) is 2.28. The zero-order valence-electron chi connectivity index (χ0n) is 11.8. The highest BCUT2D eigenvalue weighted by Gasteiger charge is 2.07. The molecule has 0 saturated carbocycles. The standard InChI is InChI=1S/C15H11N7O/c1-2-4-10(5-3-1)23-13-7-6-12(20-21-13)19-14-11-8-18-22-15(11)17-9-16-14/h1-9H,(H2,16,17,18,19,20,22). The van der Waals surface area contributed by atoms with Crippen molar-refractivity contribution in [3.05, 3.63) is 55.0 Å². The molecule has 1 aromatic carbocycles. The number of nitrogens with one attached hydrogen (secondary N) is 2. The van der Waals surface area contributed by atoms with Crippen LogP contribution in [0.25, 0.3) is 11.0 Å². The fourth-order valence-corrected chi connectivity index (χ4v) is 2.04. The van der Waals surface area contributed by atoms with E-state index in [1.807, 2.05) is 30.3 Å². The number of H-pyrrole nitrogens is 1. The minimum Gasteiger partial charge on any atom is -0.438 e. The minimum absolute atomic E-state index is 0.415. The van der Waals surface area contributed by atoms with E-state index in [9.17, 15) is 0 Å². The number of anilines is 2. The highest BCUT2D eigenvalue weighted by Crippen LogP contribution is 2.22. The summed E-state index contributed by atoms with van der Waals surface area (Å²) >= 11 is 0. The van der Waals surface area contributed by atoms with Gasteiger partial charge in [0.15, 0.2) is 11.5 Å². The third kappa shape index (κ3) is 2.77. The van der Waals surface area contributed by atoms with Gasteiger partial charge in [0.05, 0.1) is 11.6 Å². The third-order valence-electron chi connectivity index (χ3n) is 3.10. The molecule has 0 radical (unpaired) electrons. The third-order valence-corrected chi connectivity index (χ3v) is 3.10. The smallest absolute Gasteiger partial charge is 0.238 e. The molecule has 0 spiro atoms. The average molecular weight is 305 g/mol. The van der Waals surface area contributed by atoms with E-state index in [-0.39, 0.29) is 0 Å². The topological polar surface area (TPSA) is 102 Å². The van der Waals surface area contributed by atoms with Crippen LogP contribution in [0.5, 0.6) is 11.6 Å². The van der Waals surface area contributed by atoms with Gasteiger partial charge in [0.2, 0.25) is 5.88 Å². The lowest BCUT2D eigenvalue weighted by Crippen LogP contribution is -1.99. The molecule has 0 atom stereocenters. The molecule has 8 nitrogen and oxygen atoms in total. The van der Waals surface area contributed by atoms with E-state index in [1.165, 1.54) is 6.33 Å². The highest BCUT2D eigenvalue weighted by molar-refractivity contribution is 5.87. The van der Waals surface area contributed by atoms with Crippen LogP contribution in [0.1, 0.15) is 0 Å². The first-order valence-electron chi connectivity index (χ1n) is 6.86. The minimum atomic E-state index is 0.415. The van der Waals surface area contributed by atoms with Gasteiger partial charge in [-0.25, -0.2) is 9.97 Å². The molecule has 4 aromatic rings. The zero-order valence-corrected chi connectivity index (χ0v) is 11.8. The normalized spacial score (nSPS) is 10.6. The summed E-state index contributed by atoms with van der Waals surface area (Å²) in [5, 5.41) is 18.7. The lowest BCUT2D eigenvalue weighted by Gasteiger charge is -2.06. The first kappa shape index (κ1) is 13.1. The van der Waals surface area contributed by atoms with Crippen molar-refractivity contribution in [2.45, 2.75) is 0 Å². The summed E-state index contributed by atoms with van der Waals surface area (Å²) in [5.41, 5.74) is 0.652. The van der Waals surface area contributed by atoms with Gasteiger partial charge >= 0.3 is 0 Å². The van der Waals surface area contributed by atoms with E-state index in [1.54, 1.807) is 18.3 Å². The van der Waals surface area contributed by atoms with E-state index in [0.29, 0.717) is 28.9 Å². The van der Waals surface area contributed by atoms with E-state index < -0.39 is 0 Å². The Morgan fingerprint density at radius 1 is 0.957 bits per heavy atom. The Balaban J connectivity index is 1.53. The summed E-state index contributed by atoms with van der Waals surface area (Å²) in [6.45, 7) is 0. The Morgan fingerprint density at radius 3 is 2.70 bits per heavy atom. The van der Waals surface area contributed by atoms with Crippen molar-refractivity contribution in [1.82, 2.24) is 30.4 Å². The largest absolute Gasteiger partial charge is 0.438 e. The van der Waals surface area contributed by atoms with Crippen LogP contribution in [-0.2, 0) is 0 Å². The van der Waals surface area contributed by atoms with Crippen molar-refractivity contribution in [3.63, 3.8) is 0 Å². The number of fused-ring (bicyclic) bond motifs is 1. The van der Waals surface area contributed by atoms with Crippen LogP contribution in [0.15, 0.2) is 55.0 Å². The summed E-state index contributed by atoms with van der Waals surface area (Å²) in [7, 11) is 0. The van der Waals surface area contributed by atoms with Gasteiger partial charge in [0.1, 0.15) is 17.9 Å². The number of hydrogen-bond acceptors (Lipinski definition) is 7. The maximum Gasteiger partial charge on any atom is 0.238 e. The van der Waals surface area contributed by atoms with Gasteiger partial charge in [-0.1, -0.05) is 18.2 Å². The molecule has 0 aliphatic rings. The Bertz CT molecular complexity index is 921. The molecule has 0 fully saturated rings. The second kappa shape index (κ2) is 5.68. The molecule has 2 N–H and O–H groups in total. The molecule has 23 heavy (non-hydrogen) atoms. The SMILES string of the molecule is c1ccc(Oc2ccc(Nc3ncnc4[nH]ncc34)nn2)cc1. The lowest BCUT2D eigenvalue weighted by atomic mass is 10.3. The summed E-state index contributed by atoms with van der Waals surface area (Å²) in [6.07, 6.45) is 3.10.